The van der Waals surface area contributed by atoms with Gasteiger partial charge in [-0.15, -0.1) is 0 Å². The Labute approximate surface area is 242 Å². The van der Waals surface area contributed by atoms with Gasteiger partial charge in [0.25, 0.3) is 11.8 Å². The van der Waals surface area contributed by atoms with E-state index in [0.29, 0.717) is 27.5 Å². The first kappa shape index (κ1) is 28.8. The Bertz CT molecular complexity index is 1570. The molecule has 0 heterocycles. The Morgan fingerprint density at radius 1 is 0.780 bits per heavy atom. The fourth-order valence-electron chi connectivity index (χ4n) is 3.58. The van der Waals surface area contributed by atoms with Crippen LogP contribution in [0.1, 0.15) is 31.8 Å². The van der Waals surface area contributed by atoms with Crippen molar-refractivity contribution in [3.8, 4) is 5.75 Å². The van der Waals surface area contributed by atoms with Crippen molar-refractivity contribution in [2.75, 3.05) is 19.0 Å². The van der Waals surface area contributed by atoms with E-state index in [9.17, 15) is 14.4 Å². The number of hydrogen-bond donors (Lipinski definition) is 2. The van der Waals surface area contributed by atoms with E-state index in [1.165, 1.54) is 6.21 Å². The van der Waals surface area contributed by atoms with Crippen molar-refractivity contribution < 1.29 is 19.1 Å². The average Bonchev–Trinajstić information content (AvgIpc) is 2.98. The number of benzene rings is 4. The molecule has 4 aromatic rings. The second-order valence-electron chi connectivity index (χ2n) is 9.03. The van der Waals surface area contributed by atoms with Gasteiger partial charge in [-0.2, -0.15) is 5.10 Å². The minimum Gasteiger partial charge on any atom is -0.423 e. The molecule has 0 aliphatic heterocycles. The Hall–Kier alpha value is -5.21. The second kappa shape index (κ2) is 13.7. The van der Waals surface area contributed by atoms with Crippen LogP contribution >= 0.6 is 11.6 Å². The van der Waals surface area contributed by atoms with E-state index in [0.717, 1.165) is 11.3 Å². The number of nitrogens with zero attached hydrogens (tertiary/aromatic N) is 2. The Morgan fingerprint density at radius 3 is 2.05 bits per heavy atom. The first-order valence-corrected chi connectivity index (χ1v) is 12.9. The van der Waals surface area contributed by atoms with Gasteiger partial charge in [0.15, 0.2) is 0 Å². The minimum atomic E-state index is -0.601. The number of amides is 2. The van der Waals surface area contributed by atoms with Gasteiger partial charge < -0.3 is 15.0 Å². The topological polar surface area (TPSA) is 100 Å². The standard InChI is InChI=1S/C32H27ClN4O4/c1-37(2)27-16-8-22(9-17-27)20-29(35-30(38)24-6-4-3-5-7-24)31(39)36-34-21-23-10-18-28(19-11-23)41-32(40)25-12-14-26(33)15-13-25/h3-21H,1-2H3,(H,35,38)(H,36,39). The van der Waals surface area contributed by atoms with E-state index in [4.69, 9.17) is 16.3 Å². The maximum Gasteiger partial charge on any atom is 0.343 e. The van der Waals surface area contributed by atoms with Crippen LogP contribution in [0.15, 0.2) is 114 Å². The zero-order valence-corrected chi connectivity index (χ0v) is 23.1. The van der Waals surface area contributed by atoms with Crippen molar-refractivity contribution in [2.45, 2.75) is 0 Å². The maximum atomic E-state index is 13.0. The SMILES string of the molecule is CN(C)c1ccc(C=C(NC(=O)c2ccccc2)C(=O)NN=Cc2ccc(OC(=O)c3ccc(Cl)cc3)cc2)cc1. The number of hydrogen-bond acceptors (Lipinski definition) is 6. The van der Waals surface area contributed by atoms with E-state index in [1.807, 2.05) is 43.3 Å². The largest absolute Gasteiger partial charge is 0.423 e. The molecule has 2 amide bonds. The zero-order chi connectivity index (χ0) is 29.2. The molecule has 41 heavy (non-hydrogen) atoms. The number of carbonyl (C=O) groups excluding carboxylic acids is 3. The molecular weight excluding hydrogens is 540 g/mol. The molecule has 0 aromatic heterocycles. The van der Waals surface area contributed by atoms with Crippen LogP contribution in [0.2, 0.25) is 5.02 Å². The number of anilines is 1. The van der Waals surface area contributed by atoms with Gasteiger partial charge in [-0.3, -0.25) is 9.59 Å². The third-order valence-electron chi connectivity index (χ3n) is 5.80. The third-order valence-corrected chi connectivity index (χ3v) is 6.05. The summed E-state index contributed by atoms with van der Waals surface area (Å²) in [5.41, 5.74) is 5.63. The summed E-state index contributed by atoms with van der Waals surface area (Å²) in [4.78, 5) is 40.1. The molecule has 0 unspecified atom stereocenters. The van der Waals surface area contributed by atoms with E-state index in [-0.39, 0.29) is 5.70 Å². The van der Waals surface area contributed by atoms with Crippen LogP contribution in [0.4, 0.5) is 5.69 Å². The zero-order valence-electron chi connectivity index (χ0n) is 22.4. The summed E-state index contributed by atoms with van der Waals surface area (Å²) in [5, 5.41) is 7.23. The lowest BCUT2D eigenvalue weighted by Gasteiger charge is -2.12. The normalized spacial score (nSPS) is 11.1. The maximum absolute atomic E-state index is 13.0. The highest BCUT2D eigenvalue weighted by Crippen LogP contribution is 2.16. The summed E-state index contributed by atoms with van der Waals surface area (Å²) in [6, 6.07) is 29.1. The fraction of sp³-hybridized carbons (Fsp3) is 0.0625. The molecule has 0 bridgehead atoms. The lowest BCUT2D eigenvalue weighted by Crippen LogP contribution is -2.32. The van der Waals surface area contributed by atoms with Gasteiger partial charge in [0.05, 0.1) is 11.8 Å². The molecule has 0 spiro atoms. The van der Waals surface area contributed by atoms with Gasteiger partial charge in [0, 0.05) is 30.4 Å². The Kier molecular flexibility index (Phi) is 9.64. The molecule has 0 fully saturated rings. The molecule has 0 aliphatic carbocycles. The van der Waals surface area contributed by atoms with Crippen molar-refractivity contribution in [1.29, 1.82) is 0 Å². The lowest BCUT2D eigenvalue weighted by atomic mass is 10.1. The molecule has 0 aliphatic rings. The molecule has 2 N–H and O–H groups in total. The van der Waals surface area contributed by atoms with E-state index in [2.05, 4.69) is 15.8 Å². The highest BCUT2D eigenvalue weighted by atomic mass is 35.5. The van der Waals surface area contributed by atoms with Crippen molar-refractivity contribution >= 4 is 47.4 Å². The molecule has 4 rings (SSSR count). The number of rotatable bonds is 9. The summed E-state index contributed by atoms with van der Waals surface area (Å²) in [7, 11) is 3.87. The van der Waals surface area contributed by atoms with Crippen LogP contribution in [-0.2, 0) is 4.79 Å². The van der Waals surface area contributed by atoms with Gasteiger partial charge in [-0.1, -0.05) is 41.9 Å². The molecule has 0 atom stereocenters. The first-order valence-electron chi connectivity index (χ1n) is 12.6. The molecule has 0 saturated heterocycles. The van der Waals surface area contributed by atoms with Crippen LogP contribution in [0.5, 0.6) is 5.75 Å². The van der Waals surface area contributed by atoms with Crippen LogP contribution in [0, 0.1) is 0 Å². The smallest absolute Gasteiger partial charge is 0.343 e. The summed E-state index contributed by atoms with van der Waals surface area (Å²) in [6.07, 6.45) is 3.01. The lowest BCUT2D eigenvalue weighted by molar-refractivity contribution is -0.117. The van der Waals surface area contributed by atoms with E-state index < -0.39 is 17.8 Å². The predicted molar refractivity (Wildman–Crippen MR) is 161 cm³/mol. The molecular formula is C32H27ClN4O4. The van der Waals surface area contributed by atoms with Crippen LogP contribution in [0.25, 0.3) is 6.08 Å². The van der Waals surface area contributed by atoms with E-state index >= 15 is 0 Å². The second-order valence-corrected chi connectivity index (χ2v) is 9.47. The molecule has 9 heteroatoms. The Balaban J connectivity index is 1.43. The number of esters is 1. The molecule has 0 radical (unpaired) electrons. The predicted octanol–water partition coefficient (Wildman–Crippen LogP) is 5.55. The number of carbonyl (C=O) groups is 3. The van der Waals surface area contributed by atoms with E-state index in [1.54, 1.807) is 84.9 Å². The monoisotopic (exact) mass is 566 g/mol. The summed E-state index contributed by atoms with van der Waals surface area (Å²) >= 11 is 5.86. The van der Waals surface area contributed by atoms with Gasteiger partial charge in [-0.25, -0.2) is 10.2 Å². The minimum absolute atomic E-state index is 0.0260. The summed E-state index contributed by atoms with van der Waals surface area (Å²) in [5.74, 6) is -1.19. The number of nitrogens with one attached hydrogen (secondary N) is 2. The summed E-state index contributed by atoms with van der Waals surface area (Å²) < 4.78 is 5.37. The van der Waals surface area contributed by atoms with Gasteiger partial charge >= 0.3 is 5.97 Å². The molecule has 0 saturated carbocycles. The van der Waals surface area contributed by atoms with Crippen LogP contribution < -0.4 is 20.4 Å². The van der Waals surface area contributed by atoms with Crippen LogP contribution in [-0.4, -0.2) is 38.1 Å². The van der Waals surface area contributed by atoms with Gasteiger partial charge in [0.2, 0.25) is 0 Å². The van der Waals surface area contributed by atoms with Crippen molar-refractivity contribution in [2.24, 2.45) is 5.10 Å². The molecule has 4 aromatic carbocycles. The van der Waals surface area contributed by atoms with Crippen molar-refractivity contribution in [1.82, 2.24) is 10.7 Å². The van der Waals surface area contributed by atoms with Gasteiger partial charge in [0.1, 0.15) is 11.4 Å². The first-order chi connectivity index (χ1) is 19.8. The number of ether oxygens (including phenoxy) is 1. The Morgan fingerprint density at radius 2 is 1.41 bits per heavy atom. The third kappa shape index (κ3) is 8.39. The summed E-state index contributed by atoms with van der Waals surface area (Å²) in [6.45, 7) is 0. The molecule has 206 valence electrons. The highest BCUT2D eigenvalue weighted by Gasteiger charge is 2.14. The van der Waals surface area contributed by atoms with Crippen LogP contribution in [0.3, 0.4) is 0 Å². The molecule has 8 nitrogen and oxygen atoms in total. The quantitative estimate of drug-likeness (QED) is 0.0910. The van der Waals surface area contributed by atoms with Crippen molar-refractivity contribution in [3.63, 3.8) is 0 Å². The fourth-order valence-corrected chi connectivity index (χ4v) is 3.70. The number of halogens is 1. The highest BCUT2D eigenvalue weighted by molar-refractivity contribution is 6.30. The average molecular weight is 567 g/mol. The van der Waals surface area contributed by atoms with Gasteiger partial charge in [-0.05, 0) is 90.0 Å². The van der Waals surface area contributed by atoms with Crippen molar-refractivity contribution in [3.05, 3.63) is 136 Å². The number of hydrazone groups is 1.